The number of nitrogens with one attached hydrogen (secondary N) is 2. The van der Waals surface area contributed by atoms with Crippen molar-refractivity contribution in [1.82, 2.24) is 15.2 Å². The third-order valence-electron chi connectivity index (χ3n) is 6.52. The van der Waals surface area contributed by atoms with Gasteiger partial charge in [0.15, 0.2) is 0 Å². The summed E-state index contributed by atoms with van der Waals surface area (Å²) in [5, 5.41) is 15.3. The largest absolute Gasteiger partial charge is 0.496 e. The highest BCUT2D eigenvalue weighted by atomic mass is 16.5. The Kier molecular flexibility index (Phi) is 10.5. The number of nitrogens with two attached hydrogens (primary N) is 1. The fourth-order valence-electron chi connectivity index (χ4n) is 4.65. The maximum absolute atomic E-state index is 13.1. The molecule has 0 aliphatic heterocycles. The molecular formula is C29H36N4O7. The monoisotopic (exact) mass is 552 g/mol. The molecule has 0 radical (unpaired) electrons. The van der Waals surface area contributed by atoms with Crippen LogP contribution >= 0.6 is 0 Å². The van der Waals surface area contributed by atoms with Crippen molar-refractivity contribution in [3.8, 4) is 11.5 Å². The van der Waals surface area contributed by atoms with Crippen LogP contribution in [0.4, 0.5) is 0 Å². The van der Waals surface area contributed by atoms with Gasteiger partial charge in [-0.15, -0.1) is 0 Å². The number of benzene rings is 2. The number of fused-ring (bicyclic) bond motifs is 1. The highest BCUT2D eigenvalue weighted by molar-refractivity contribution is 6.02. The molecule has 5 N–H and O–H groups in total. The molecule has 11 nitrogen and oxygen atoms in total. The molecule has 0 saturated heterocycles. The number of aliphatic carboxylic acids is 1. The summed E-state index contributed by atoms with van der Waals surface area (Å²) in [5.74, 6) is -1.56. The number of carbonyl (C=O) groups excluding carboxylic acids is 3. The van der Waals surface area contributed by atoms with E-state index in [1.165, 1.54) is 4.57 Å². The van der Waals surface area contributed by atoms with Crippen molar-refractivity contribution in [1.29, 1.82) is 0 Å². The van der Waals surface area contributed by atoms with Gasteiger partial charge in [-0.25, -0.2) is 0 Å². The normalized spacial score (nSPS) is 11.6. The van der Waals surface area contributed by atoms with Crippen LogP contribution in [0.25, 0.3) is 10.9 Å². The number of aromatic nitrogens is 1. The zero-order valence-electron chi connectivity index (χ0n) is 23.0. The summed E-state index contributed by atoms with van der Waals surface area (Å²) in [4.78, 5) is 49.0. The summed E-state index contributed by atoms with van der Waals surface area (Å²) in [6, 6.07) is 11.2. The third kappa shape index (κ3) is 7.75. The molecule has 3 aromatic rings. The minimum absolute atomic E-state index is 0.0628. The number of unbranched alkanes of at least 4 members (excludes halogenated alkanes) is 2. The molecular weight excluding hydrogens is 516 g/mol. The first-order chi connectivity index (χ1) is 19.1. The minimum Gasteiger partial charge on any atom is -0.496 e. The molecule has 2 aromatic carbocycles. The number of hydrogen-bond donors (Lipinski definition) is 4. The number of amides is 3. The fraction of sp³-hybridized carbons (Fsp3) is 0.379. The number of ether oxygens (including phenoxy) is 2. The maximum atomic E-state index is 13.1. The van der Waals surface area contributed by atoms with E-state index in [4.69, 9.17) is 15.2 Å². The first kappa shape index (κ1) is 30.0. The lowest BCUT2D eigenvalue weighted by Crippen LogP contribution is -2.49. The van der Waals surface area contributed by atoms with Crippen molar-refractivity contribution in [3.63, 3.8) is 0 Å². The van der Waals surface area contributed by atoms with Crippen molar-refractivity contribution in [2.75, 3.05) is 20.8 Å². The summed E-state index contributed by atoms with van der Waals surface area (Å²) in [6.07, 6.45) is 2.66. The van der Waals surface area contributed by atoms with Gasteiger partial charge in [-0.2, -0.15) is 0 Å². The molecule has 1 aromatic heterocycles. The van der Waals surface area contributed by atoms with Crippen LogP contribution in [-0.4, -0.2) is 60.2 Å². The van der Waals surface area contributed by atoms with Gasteiger partial charge in [-0.3, -0.25) is 19.2 Å². The number of carboxylic acids is 1. The molecule has 0 saturated carbocycles. The molecule has 1 heterocycles. The quantitative estimate of drug-likeness (QED) is 0.211. The van der Waals surface area contributed by atoms with Gasteiger partial charge in [0, 0.05) is 23.0 Å². The summed E-state index contributed by atoms with van der Waals surface area (Å²) in [6.45, 7) is 1.87. The smallest absolute Gasteiger partial charge is 0.323 e. The van der Waals surface area contributed by atoms with Gasteiger partial charge in [-0.1, -0.05) is 24.6 Å². The van der Waals surface area contributed by atoms with Gasteiger partial charge >= 0.3 is 5.97 Å². The Morgan fingerprint density at radius 2 is 1.68 bits per heavy atom. The van der Waals surface area contributed by atoms with E-state index in [2.05, 4.69) is 10.6 Å². The van der Waals surface area contributed by atoms with E-state index in [1.54, 1.807) is 44.6 Å². The van der Waals surface area contributed by atoms with E-state index in [1.807, 2.05) is 19.1 Å². The predicted molar refractivity (Wildman–Crippen MR) is 149 cm³/mol. The highest BCUT2D eigenvalue weighted by Gasteiger charge is 2.26. The second-order valence-corrected chi connectivity index (χ2v) is 9.51. The number of carbonyl (C=O) groups is 4. The molecule has 0 fully saturated rings. The van der Waals surface area contributed by atoms with E-state index in [0.29, 0.717) is 23.9 Å². The molecule has 11 heteroatoms. The Bertz CT molecular complexity index is 1360. The summed E-state index contributed by atoms with van der Waals surface area (Å²) in [5.41, 5.74) is 7.99. The van der Waals surface area contributed by atoms with Gasteiger partial charge in [0.05, 0.1) is 20.6 Å². The molecule has 0 bridgehead atoms. The molecule has 3 rings (SSSR count). The van der Waals surface area contributed by atoms with E-state index in [0.717, 1.165) is 41.9 Å². The molecule has 214 valence electrons. The summed E-state index contributed by atoms with van der Waals surface area (Å²) >= 11 is 0. The Morgan fingerprint density at radius 3 is 2.30 bits per heavy atom. The predicted octanol–water partition coefficient (Wildman–Crippen LogP) is 2.55. The molecule has 0 aliphatic rings. The van der Waals surface area contributed by atoms with E-state index in [9.17, 15) is 24.3 Å². The number of nitrogens with zero attached hydrogens (tertiary/aromatic N) is 1. The Balaban J connectivity index is 1.58. The third-order valence-corrected chi connectivity index (χ3v) is 6.52. The number of rotatable bonds is 15. The van der Waals surface area contributed by atoms with Crippen molar-refractivity contribution in [2.45, 2.75) is 51.6 Å². The maximum Gasteiger partial charge on any atom is 0.323 e. The average molecular weight is 553 g/mol. The summed E-state index contributed by atoms with van der Waals surface area (Å²) < 4.78 is 12.4. The van der Waals surface area contributed by atoms with Crippen LogP contribution in [0.3, 0.4) is 0 Å². The topological polar surface area (TPSA) is 162 Å². The number of primary amides is 1. The number of hydrogen-bond acceptors (Lipinski definition) is 6. The van der Waals surface area contributed by atoms with Crippen LogP contribution in [-0.2, 0) is 27.3 Å². The number of para-hydroxylation sites is 1. The van der Waals surface area contributed by atoms with Gasteiger partial charge in [0.2, 0.25) is 11.8 Å². The van der Waals surface area contributed by atoms with Gasteiger partial charge in [0.25, 0.3) is 5.91 Å². The standard InChI is InChI=1S/C29H36N4O7/c1-18-13-24(39-2)20(25(14-18)40-3)10-5-4-8-12-31-28(37)21(16-26(30)34)32-29(38)23-15-19-9-6-7-11-22(19)33(23)17-27(35)36/h6-7,9,11,13-15,21H,4-5,8,10,12,16-17H2,1-3H3,(H2,30,34)(H,31,37)(H,32,38)(H,35,36)/t21-/m1/s1. The average Bonchev–Trinajstić information content (AvgIpc) is 3.27. The van der Waals surface area contributed by atoms with Crippen molar-refractivity contribution in [2.24, 2.45) is 5.73 Å². The highest BCUT2D eigenvalue weighted by Crippen LogP contribution is 2.31. The Morgan fingerprint density at radius 1 is 1.00 bits per heavy atom. The number of carboxylic acid groups (broad SMARTS) is 1. The molecule has 40 heavy (non-hydrogen) atoms. The molecule has 1 atom stereocenters. The molecule has 0 aliphatic carbocycles. The van der Waals surface area contributed by atoms with E-state index >= 15 is 0 Å². The van der Waals surface area contributed by atoms with Crippen LogP contribution < -0.4 is 25.8 Å². The lowest BCUT2D eigenvalue weighted by atomic mass is 10.0. The van der Waals surface area contributed by atoms with Crippen LogP contribution in [0.5, 0.6) is 11.5 Å². The van der Waals surface area contributed by atoms with E-state index < -0.39 is 42.7 Å². The van der Waals surface area contributed by atoms with Gasteiger partial charge in [-0.05, 0) is 56.0 Å². The molecule has 0 spiro atoms. The Hall–Kier alpha value is -4.54. The lowest BCUT2D eigenvalue weighted by molar-refractivity contribution is -0.137. The Labute approximate surface area is 232 Å². The SMILES string of the molecule is COc1cc(C)cc(OC)c1CCCCCNC(=O)[C@@H](CC(N)=O)NC(=O)c1cc2ccccc2n1CC(=O)O. The van der Waals surface area contributed by atoms with Crippen LogP contribution in [0.15, 0.2) is 42.5 Å². The summed E-state index contributed by atoms with van der Waals surface area (Å²) in [7, 11) is 3.25. The van der Waals surface area contributed by atoms with Crippen molar-refractivity contribution < 1.29 is 33.8 Å². The first-order valence-corrected chi connectivity index (χ1v) is 13.0. The molecule has 0 unspecified atom stereocenters. The zero-order chi connectivity index (χ0) is 29.2. The zero-order valence-corrected chi connectivity index (χ0v) is 23.0. The molecule has 3 amide bonds. The number of aryl methyl sites for hydroxylation is 1. The van der Waals surface area contributed by atoms with Crippen molar-refractivity contribution >= 4 is 34.6 Å². The first-order valence-electron chi connectivity index (χ1n) is 13.0. The van der Waals surface area contributed by atoms with E-state index in [-0.39, 0.29) is 5.69 Å². The second kappa shape index (κ2) is 14.0. The van der Waals surface area contributed by atoms with Gasteiger partial charge < -0.3 is 35.5 Å². The van der Waals surface area contributed by atoms with Gasteiger partial charge in [0.1, 0.15) is 29.8 Å². The number of methoxy groups -OCH3 is 2. The van der Waals surface area contributed by atoms with Crippen LogP contribution in [0.2, 0.25) is 0 Å². The lowest BCUT2D eigenvalue weighted by Gasteiger charge is -2.18. The van der Waals surface area contributed by atoms with Crippen molar-refractivity contribution in [3.05, 3.63) is 59.3 Å². The minimum atomic E-state index is -1.21. The van der Waals surface area contributed by atoms with Crippen LogP contribution in [0, 0.1) is 6.92 Å². The van der Waals surface area contributed by atoms with Crippen LogP contribution in [0.1, 0.15) is 47.3 Å². The second-order valence-electron chi connectivity index (χ2n) is 9.51. The fourth-order valence-corrected chi connectivity index (χ4v) is 4.65.